The minimum Gasteiger partial charge on any atom is -0.307 e. The van der Waals surface area contributed by atoms with E-state index >= 15 is 0 Å². The van der Waals surface area contributed by atoms with Gasteiger partial charge >= 0.3 is 0 Å². The van der Waals surface area contributed by atoms with Gasteiger partial charge in [0.1, 0.15) is 5.65 Å². The van der Waals surface area contributed by atoms with Gasteiger partial charge < -0.3 is 4.40 Å². The fourth-order valence-corrected chi connectivity index (χ4v) is 3.20. The molecule has 0 radical (unpaired) electrons. The average Bonchev–Trinajstić information content (AvgIpc) is 3.19. The van der Waals surface area contributed by atoms with Crippen molar-refractivity contribution in [3.8, 4) is 11.4 Å². The SMILES string of the molecule is Cc1ccc(-c2nc(SCc3cn4cc(C)ccc4n3)n[nH]2)cc1. The molecule has 24 heavy (non-hydrogen) atoms. The molecule has 1 aromatic carbocycles. The van der Waals surface area contributed by atoms with Crippen molar-refractivity contribution < 1.29 is 0 Å². The minimum absolute atomic E-state index is 0.735. The molecule has 4 rings (SSSR count). The number of thioether (sulfide) groups is 1. The van der Waals surface area contributed by atoms with E-state index in [4.69, 9.17) is 0 Å². The second-order valence-electron chi connectivity index (χ2n) is 5.83. The maximum atomic E-state index is 4.62. The Morgan fingerprint density at radius 2 is 1.75 bits per heavy atom. The van der Waals surface area contributed by atoms with Crippen LogP contribution in [-0.2, 0) is 5.75 Å². The first-order valence-corrected chi connectivity index (χ1v) is 8.72. The van der Waals surface area contributed by atoms with Crippen LogP contribution in [0.1, 0.15) is 16.8 Å². The lowest BCUT2D eigenvalue weighted by Crippen LogP contribution is -1.82. The van der Waals surface area contributed by atoms with Gasteiger partial charge in [-0.1, -0.05) is 47.7 Å². The second kappa shape index (κ2) is 6.13. The van der Waals surface area contributed by atoms with Crippen LogP contribution in [0.5, 0.6) is 0 Å². The lowest BCUT2D eigenvalue weighted by atomic mass is 10.1. The standard InChI is InChI=1S/C18H17N5S/c1-12-3-6-14(7-4-12)17-20-18(22-21-17)24-11-15-10-23-9-13(2)5-8-16(23)19-15/h3-10H,11H2,1-2H3,(H,20,21,22). The highest BCUT2D eigenvalue weighted by molar-refractivity contribution is 7.98. The van der Waals surface area contributed by atoms with Crippen LogP contribution in [0.2, 0.25) is 0 Å². The van der Waals surface area contributed by atoms with E-state index in [2.05, 4.69) is 81.1 Å². The molecule has 120 valence electrons. The van der Waals surface area contributed by atoms with Gasteiger partial charge in [-0.3, -0.25) is 5.10 Å². The number of rotatable bonds is 4. The van der Waals surface area contributed by atoms with Gasteiger partial charge in [0.2, 0.25) is 5.16 Å². The third-order valence-electron chi connectivity index (χ3n) is 3.79. The normalized spacial score (nSPS) is 11.2. The third kappa shape index (κ3) is 3.05. The summed E-state index contributed by atoms with van der Waals surface area (Å²) in [6.45, 7) is 4.15. The average molecular weight is 335 g/mol. The summed E-state index contributed by atoms with van der Waals surface area (Å²) < 4.78 is 2.06. The molecule has 0 spiro atoms. The van der Waals surface area contributed by atoms with Crippen LogP contribution in [0, 0.1) is 13.8 Å². The van der Waals surface area contributed by atoms with Crippen molar-refractivity contribution >= 4 is 17.4 Å². The molecule has 0 saturated carbocycles. The number of benzene rings is 1. The fraction of sp³-hybridized carbons (Fsp3) is 0.167. The Labute approximate surface area is 144 Å². The van der Waals surface area contributed by atoms with Gasteiger partial charge in [-0.2, -0.15) is 0 Å². The molecule has 3 aromatic heterocycles. The van der Waals surface area contributed by atoms with Crippen molar-refractivity contribution in [2.75, 3.05) is 0 Å². The Morgan fingerprint density at radius 1 is 0.958 bits per heavy atom. The number of pyridine rings is 1. The first-order valence-electron chi connectivity index (χ1n) is 7.74. The van der Waals surface area contributed by atoms with Gasteiger partial charge in [0, 0.05) is 23.7 Å². The summed E-state index contributed by atoms with van der Waals surface area (Å²) >= 11 is 1.58. The molecular weight excluding hydrogens is 318 g/mol. The van der Waals surface area contributed by atoms with Crippen molar-refractivity contribution in [1.82, 2.24) is 24.6 Å². The Hall–Kier alpha value is -2.60. The van der Waals surface area contributed by atoms with E-state index < -0.39 is 0 Å². The van der Waals surface area contributed by atoms with Crippen LogP contribution >= 0.6 is 11.8 Å². The molecule has 0 atom stereocenters. The number of hydrogen-bond acceptors (Lipinski definition) is 4. The van der Waals surface area contributed by atoms with Gasteiger partial charge in [-0.15, -0.1) is 5.10 Å². The number of hydrogen-bond donors (Lipinski definition) is 1. The van der Waals surface area contributed by atoms with Crippen molar-refractivity contribution in [3.63, 3.8) is 0 Å². The number of aryl methyl sites for hydroxylation is 2. The van der Waals surface area contributed by atoms with E-state index in [9.17, 15) is 0 Å². The zero-order valence-electron chi connectivity index (χ0n) is 13.5. The molecule has 1 N–H and O–H groups in total. The largest absolute Gasteiger partial charge is 0.307 e. The van der Waals surface area contributed by atoms with Gasteiger partial charge in [-0.25, -0.2) is 9.97 Å². The molecule has 0 bridgehead atoms. The monoisotopic (exact) mass is 335 g/mol. The number of imidazole rings is 1. The summed E-state index contributed by atoms with van der Waals surface area (Å²) in [6, 6.07) is 12.4. The molecule has 0 aliphatic heterocycles. The lowest BCUT2D eigenvalue weighted by molar-refractivity contribution is 0.972. The van der Waals surface area contributed by atoms with Crippen LogP contribution < -0.4 is 0 Å². The predicted molar refractivity (Wildman–Crippen MR) is 96.0 cm³/mol. The topological polar surface area (TPSA) is 58.9 Å². The van der Waals surface area contributed by atoms with Crippen LogP contribution in [0.4, 0.5) is 0 Å². The van der Waals surface area contributed by atoms with Crippen molar-refractivity contribution in [1.29, 1.82) is 0 Å². The first-order chi connectivity index (χ1) is 11.7. The number of nitrogens with zero attached hydrogens (tertiary/aromatic N) is 4. The van der Waals surface area contributed by atoms with Gasteiger partial charge in [0.25, 0.3) is 0 Å². The highest BCUT2D eigenvalue weighted by Crippen LogP contribution is 2.22. The van der Waals surface area contributed by atoms with E-state index in [-0.39, 0.29) is 0 Å². The molecule has 5 nitrogen and oxygen atoms in total. The third-order valence-corrected chi connectivity index (χ3v) is 4.67. The summed E-state index contributed by atoms with van der Waals surface area (Å²) in [5.41, 5.74) is 5.48. The van der Waals surface area contributed by atoms with Gasteiger partial charge in [0.05, 0.1) is 5.69 Å². The highest BCUT2D eigenvalue weighted by Gasteiger charge is 2.08. The van der Waals surface area contributed by atoms with Crippen molar-refractivity contribution in [3.05, 3.63) is 65.6 Å². The number of aromatic amines is 1. The Bertz CT molecular complexity index is 984. The van der Waals surface area contributed by atoms with Gasteiger partial charge in [-0.05, 0) is 25.5 Å². The Morgan fingerprint density at radius 3 is 2.58 bits per heavy atom. The maximum absolute atomic E-state index is 4.62. The molecule has 0 saturated heterocycles. The Balaban J connectivity index is 1.48. The summed E-state index contributed by atoms with van der Waals surface area (Å²) in [4.78, 5) is 9.17. The molecule has 0 fully saturated rings. The Kier molecular flexibility index (Phi) is 3.82. The molecule has 0 aliphatic rings. The summed E-state index contributed by atoms with van der Waals surface area (Å²) in [6.07, 6.45) is 4.14. The van der Waals surface area contributed by atoms with Crippen LogP contribution in [0.3, 0.4) is 0 Å². The zero-order valence-corrected chi connectivity index (χ0v) is 14.3. The number of H-pyrrole nitrogens is 1. The second-order valence-corrected chi connectivity index (χ2v) is 6.77. The fourth-order valence-electron chi connectivity index (χ4n) is 2.52. The summed E-state index contributed by atoms with van der Waals surface area (Å²) in [7, 11) is 0. The van der Waals surface area contributed by atoms with E-state index in [0.29, 0.717) is 0 Å². The molecule has 4 aromatic rings. The molecule has 0 amide bonds. The van der Waals surface area contributed by atoms with Crippen molar-refractivity contribution in [2.24, 2.45) is 0 Å². The molecule has 0 aliphatic carbocycles. The molecule has 6 heteroatoms. The van der Waals surface area contributed by atoms with E-state index in [1.807, 2.05) is 6.07 Å². The number of nitrogens with one attached hydrogen (secondary N) is 1. The highest BCUT2D eigenvalue weighted by atomic mass is 32.2. The lowest BCUT2D eigenvalue weighted by Gasteiger charge is -1.96. The number of fused-ring (bicyclic) bond motifs is 1. The predicted octanol–water partition coefficient (Wildman–Crippen LogP) is 4.03. The molecular formula is C18H17N5S. The maximum Gasteiger partial charge on any atom is 0.209 e. The van der Waals surface area contributed by atoms with Crippen LogP contribution in [-0.4, -0.2) is 24.6 Å². The smallest absolute Gasteiger partial charge is 0.209 e. The zero-order chi connectivity index (χ0) is 16.5. The first kappa shape index (κ1) is 15.0. The quantitative estimate of drug-likeness (QED) is 0.572. The van der Waals surface area contributed by atoms with Crippen molar-refractivity contribution in [2.45, 2.75) is 24.8 Å². The summed E-state index contributed by atoms with van der Waals surface area (Å²) in [5.74, 6) is 1.54. The van der Waals surface area contributed by atoms with E-state index in [0.717, 1.165) is 33.6 Å². The molecule has 3 heterocycles. The van der Waals surface area contributed by atoms with E-state index in [1.165, 1.54) is 11.1 Å². The number of aromatic nitrogens is 5. The minimum atomic E-state index is 0.735. The van der Waals surface area contributed by atoms with E-state index in [1.54, 1.807) is 11.8 Å². The molecule has 0 unspecified atom stereocenters. The summed E-state index contributed by atoms with van der Waals surface area (Å²) in [5, 5.41) is 8.03. The van der Waals surface area contributed by atoms with Crippen LogP contribution in [0.15, 0.2) is 53.9 Å². The van der Waals surface area contributed by atoms with Gasteiger partial charge in [0.15, 0.2) is 5.82 Å². The van der Waals surface area contributed by atoms with Crippen LogP contribution in [0.25, 0.3) is 17.0 Å².